The molecule has 3 aromatic rings. The molecule has 0 atom stereocenters. The van der Waals surface area contributed by atoms with Crippen molar-refractivity contribution >= 4 is 33.3 Å². The maximum absolute atomic E-state index is 13.3. The molecule has 0 fully saturated rings. The molecule has 28 heavy (non-hydrogen) atoms. The normalized spacial score (nSPS) is 13.2. The fourth-order valence-corrected chi connectivity index (χ4v) is 5.89. The fourth-order valence-electron chi connectivity index (χ4n) is 3.60. The van der Waals surface area contributed by atoms with Gasteiger partial charge in [-0.1, -0.05) is 23.9 Å². The lowest BCUT2D eigenvalue weighted by Crippen LogP contribution is -2.24. The first kappa shape index (κ1) is 19.5. The summed E-state index contributed by atoms with van der Waals surface area (Å²) in [7, 11) is 3.36. The van der Waals surface area contributed by atoms with Gasteiger partial charge < -0.3 is 9.47 Å². The zero-order valence-corrected chi connectivity index (χ0v) is 17.8. The van der Waals surface area contributed by atoms with E-state index < -0.39 is 0 Å². The molecule has 148 valence electrons. The minimum Gasteiger partial charge on any atom is -0.497 e. The number of benzene rings is 1. The Hall–Kier alpha value is -1.83. The molecule has 0 saturated heterocycles. The summed E-state index contributed by atoms with van der Waals surface area (Å²) in [5.41, 5.74) is 2.53. The predicted octanol–water partition coefficient (Wildman–Crippen LogP) is 4.28. The number of fused-ring (bicyclic) bond motifs is 3. The molecule has 0 unspecified atom stereocenters. The third kappa shape index (κ3) is 3.83. The van der Waals surface area contributed by atoms with Gasteiger partial charge in [0.1, 0.15) is 10.6 Å². The Bertz CT molecular complexity index is 1020. The van der Waals surface area contributed by atoms with Gasteiger partial charge in [0.2, 0.25) is 0 Å². The van der Waals surface area contributed by atoms with Crippen molar-refractivity contribution in [1.82, 2.24) is 9.55 Å². The van der Waals surface area contributed by atoms with E-state index in [1.807, 2.05) is 16.7 Å². The van der Waals surface area contributed by atoms with Crippen LogP contribution in [-0.4, -0.2) is 30.4 Å². The van der Waals surface area contributed by atoms with Crippen LogP contribution in [0.1, 0.15) is 28.8 Å². The smallest absolute Gasteiger partial charge is 0.263 e. The number of methoxy groups -OCH3 is 2. The summed E-state index contributed by atoms with van der Waals surface area (Å²) < 4.78 is 12.3. The molecule has 0 amide bonds. The maximum atomic E-state index is 13.3. The van der Waals surface area contributed by atoms with Crippen molar-refractivity contribution < 1.29 is 9.47 Å². The molecule has 0 saturated carbocycles. The highest BCUT2D eigenvalue weighted by Crippen LogP contribution is 2.36. The van der Waals surface area contributed by atoms with Gasteiger partial charge in [0.05, 0.1) is 12.5 Å². The van der Waals surface area contributed by atoms with Crippen molar-refractivity contribution in [2.24, 2.45) is 0 Å². The zero-order valence-electron chi connectivity index (χ0n) is 16.2. The first-order chi connectivity index (χ1) is 13.7. The van der Waals surface area contributed by atoms with Gasteiger partial charge in [-0.25, -0.2) is 4.98 Å². The van der Waals surface area contributed by atoms with E-state index in [4.69, 9.17) is 14.5 Å². The van der Waals surface area contributed by atoms with Crippen LogP contribution in [0.25, 0.3) is 10.2 Å². The Labute approximate surface area is 172 Å². The summed E-state index contributed by atoms with van der Waals surface area (Å²) in [5, 5.41) is 1.65. The van der Waals surface area contributed by atoms with E-state index in [-0.39, 0.29) is 5.56 Å². The van der Waals surface area contributed by atoms with Crippen molar-refractivity contribution in [3.8, 4) is 5.75 Å². The van der Waals surface area contributed by atoms with E-state index in [0.717, 1.165) is 52.6 Å². The second kappa shape index (κ2) is 8.68. The minimum atomic E-state index is 0.109. The fraction of sp³-hybridized carbons (Fsp3) is 0.429. The first-order valence-electron chi connectivity index (χ1n) is 9.51. The van der Waals surface area contributed by atoms with E-state index >= 15 is 0 Å². The second-order valence-electron chi connectivity index (χ2n) is 6.87. The Balaban J connectivity index is 1.66. The van der Waals surface area contributed by atoms with Crippen LogP contribution in [0.4, 0.5) is 0 Å². The van der Waals surface area contributed by atoms with Crippen LogP contribution >= 0.6 is 23.1 Å². The molecular weight excluding hydrogens is 392 g/mol. The van der Waals surface area contributed by atoms with Crippen LogP contribution in [0.3, 0.4) is 0 Å². The number of aromatic nitrogens is 2. The highest BCUT2D eigenvalue weighted by Gasteiger charge is 2.23. The Kier molecular flexibility index (Phi) is 6.04. The van der Waals surface area contributed by atoms with Crippen LogP contribution in [0, 0.1) is 0 Å². The number of hydrogen-bond acceptors (Lipinski definition) is 6. The molecule has 7 heteroatoms. The molecule has 0 bridgehead atoms. The summed E-state index contributed by atoms with van der Waals surface area (Å²) in [4.78, 5) is 20.5. The lowest BCUT2D eigenvalue weighted by molar-refractivity contribution is 0.189. The molecule has 0 radical (unpaired) electrons. The van der Waals surface area contributed by atoms with Gasteiger partial charge in [-0.05, 0) is 48.9 Å². The number of ether oxygens (including phenoxy) is 2. The monoisotopic (exact) mass is 416 g/mol. The Morgan fingerprint density at radius 3 is 2.79 bits per heavy atom. The van der Waals surface area contributed by atoms with Crippen LogP contribution < -0.4 is 10.3 Å². The number of aryl methyl sites for hydroxylation is 2. The van der Waals surface area contributed by atoms with Crippen molar-refractivity contribution in [3.05, 3.63) is 50.6 Å². The number of thioether (sulfide) groups is 1. The van der Waals surface area contributed by atoms with E-state index in [1.165, 1.54) is 16.0 Å². The van der Waals surface area contributed by atoms with Crippen molar-refractivity contribution in [3.63, 3.8) is 0 Å². The average Bonchev–Trinajstić information content (AvgIpc) is 3.29. The summed E-state index contributed by atoms with van der Waals surface area (Å²) in [6, 6.07) is 8.03. The van der Waals surface area contributed by atoms with Gasteiger partial charge in [-0.2, -0.15) is 0 Å². The van der Waals surface area contributed by atoms with Gasteiger partial charge >= 0.3 is 0 Å². The zero-order chi connectivity index (χ0) is 19.5. The SMILES string of the molecule is COCCCn1c(SCc2ccc(OC)cc2)nc2sc3c(c2c1=O)CCC3. The molecule has 5 nitrogen and oxygen atoms in total. The lowest BCUT2D eigenvalue weighted by atomic mass is 10.2. The molecular formula is C21H24N2O3S2. The van der Waals surface area contributed by atoms with Crippen LogP contribution in [0.2, 0.25) is 0 Å². The number of nitrogens with zero attached hydrogens (tertiary/aromatic N) is 2. The van der Waals surface area contributed by atoms with Crippen molar-refractivity contribution in [1.29, 1.82) is 0 Å². The summed E-state index contributed by atoms with van der Waals surface area (Å²) in [6.07, 6.45) is 4.02. The standard InChI is InChI=1S/C21H24N2O3S2/c1-25-12-4-11-23-20(24)18-16-5-3-6-17(16)28-19(18)22-21(23)27-13-14-7-9-15(26-2)10-8-14/h7-10H,3-6,11-13H2,1-2H3. The molecule has 2 aromatic heterocycles. The van der Waals surface area contributed by atoms with E-state index in [1.54, 1.807) is 37.3 Å². The number of rotatable bonds is 8. The largest absolute Gasteiger partial charge is 0.497 e. The first-order valence-corrected chi connectivity index (χ1v) is 11.3. The average molecular weight is 417 g/mol. The second-order valence-corrected chi connectivity index (χ2v) is 8.90. The van der Waals surface area contributed by atoms with Crippen LogP contribution in [0.5, 0.6) is 5.75 Å². The quantitative estimate of drug-likeness (QED) is 0.312. The third-order valence-corrected chi connectivity index (χ3v) is 7.28. The molecule has 1 aliphatic carbocycles. The molecule has 0 N–H and O–H groups in total. The summed E-state index contributed by atoms with van der Waals surface area (Å²) in [6.45, 7) is 1.26. The highest BCUT2D eigenvalue weighted by atomic mass is 32.2. The van der Waals surface area contributed by atoms with Crippen molar-refractivity contribution in [2.75, 3.05) is 20.8 Å². The number of hydrogen-bond donors (Lipinski definition) is 0. The molecule has 1 aromatic carbocycles. The molecule has 0 spiro atoms. The topological polar surface area (TPSA) is 53.4 Å². The van der Waals surface area contributed by atoms with Crippen molar-refractivity contribution in [2.45, 2.75) is 43.1 Å². The Morgan fingerprint density at radius 1 is 1.21 bits per heavy atom. The van der Waals surface area contributed by atoms with Gasteiger partial charge in [0.25, 0.3) is 5.56 Å². The predicted molar refractivity (Wildman–Crippen MR) is 115 cm³/mol. The van der Waals surface area contributed by atoms with Gasteiger partial charge in [0.15, 0.2) is 5.16 Å². The summed E-state index contributed by atoms with van der Waals surface area (Å²) in [5.74, 6) is 1.61. The summed E-state index contributed by atoms with van der Waals surface area (Å²) >= 11 is 3.32. The van der Waals surface area contributed by atoms with Gasteiger partial charge in [0, 0.05) is 30.9 Å². The van der Waals surface area contributed by atoms with E-state index in [0.29, 0.717) is 13.2 Å². The van der Waals surface area contributed by atoms with Gasteiger partial charge in [-0.15, -0.1) is 11.3 Å². The molecule has 2 heterocycles. The van der Waals surface area contributed by atoms with Crippen LogP contribution in [-0.2, 0) is 29.9 Å². The molecule has 1 aliphatic rings. The molecule has 4 rings (SSSR count). The van der Waals surface area contributed by atoms with Gasteiger partial charge in [-0.3, -0.25) is 9.36 Å². The third-order valence-electron chi connectivity index (χ3n) is 5.05. The lowest BCUT2D eigenvalue weighted by Gasteiger charge is -2.12. The number of thiophene rings is 1. The molecule has 0 aliphatic heterocycles. The van der Waals surface area contributed by atoms with E-state index in [2.05, 4.69) is 12.1 Å². The minimum absolute atomic E-state index is 0.109. The maximum Gasteiger partial charge on any atom is 0.263 e. The highest BCUT2D eigenvalue weighted by molar-refractivity contribution is 7.98. The Morgan fingerprint density at radius 2 is 2.04 bits per heavy atom. The van der Waals surface area contributed by atoms with E-state index in [9.17, 15) is 4.79 Å². The van der Waals surface area contributed by atoms with Crippen LogP contribution in [0.15, 0.2) is 34.2 Å².